The molecule has 0 saturated carbocycles. The van der Waals surface area contributed by atoms with E-state index in [2.05, 4.69) is 18.0 Å². The van der Waals surface area contributed by atoms with Gasteiger partial charge in [-0.05, 0) is 36.8 Å². The number of aryl methyl sites for hydroxylation is 1. The van der Waals surface area contributed by atoms with Crippen LogP contribution in [0, 0.1) is 5.92 Å². The molecule has 2 heterocycles. The predicted molar refractivity (Wildman–Crippen MR) is 97.6 cm³/mol. The number of carbonyl (C=O) groups is 2. The highest BCUT2D eigenvalue weighted by Gasteiger charge is 2.26. The Hall–Kier alpha value is -2.30. The maximum atomic E-state index is 13.1. The van der Waals surface area contributed by atoms with Gasteiger partial charge in [0.2, 0.25) is 5.91 Å². The van der Waals surface area contributed by atoms with Crippen molar-refractivity contribution in [3.8, 4) is 0 Å². The number of rotatable bonds is 1. The van der Waals surface area contributed by atoms with Crippen LogP contribution in [0.2, 0.25) is 0 Å². The summed E-state index contributed by atoms with van der Waals surface area (Å²) in [4.78, 5) is 31.8. The van der Waals surface area contributed by atoms with Crippen LogP contribution in [0.15, 0.2) is 18.2 Å². The first-order chi connectivity index (χ1) is 12.0. The van der Waals surface area contributed by atoms with Gasteiger partial charge in [0, 0.05) is 44.2 Å². The number of H-pyrrole nitrogens is 1. The summed E-state index contributed by atoms with van der Waals surface area (Å²) < 4.78 is 0. The van der Waals surface area contributed by atoms with E-state index in [9.17, 15) is 9.59 Å². The number of aromatic nitrogens is 1. The fourth-order valence-electron chi connectivity index (χ4n) is 4.19. The maximum Gasteiger partial charge on any atom is 0.256 e. The first kappa shape index (κ1) is 16.2. The van der Waals surface area contributed by atoms with E-state index in [4.69, 9.17) is 0 Å². The second-order valence-corrected chi connectivity index (χ2v) is 7.46. The van der Waals surface area contributed by atoms with Gasteiger partial charge >= 0.3 is 0 Å². The first-order valence-electron chi connectivity index (χ1n) is 9.22. The molecular formula is C20H25N3O2. The van der Waals surface area contributed by atoms with Crippen molar-refractivity contribution in [1.29, 1.82) is 0 Å². The van der Waals surface area contributed by atoms with E-state index in [1.54, 1.807) is 11.8 Å². The molecule has 132 valence electrons. The summed E-state index contributed by atoms with van der Waals surface area (Å²) in [5.41, 5.74) is 4.44. The van der Waals surface area contributed by atoms with E-state index >= 15 is 0 Å². The first-order valence-corrected chi connectivity index (χ1v) is 9.22. The second-order valence-electron chi connectivity index (χ2n) is 7.46. The monoisotopic (exact) mass is 339 g/mol. The van der Waals surface area contributed by atoms with E-state index in [0.29, 0.717) is 32.1 Å². The molecule has 0 radical (unpaired) electrons. The van der Waals surface area contributed by atoms with Gasteiger partial charge in [-0.25, -0.2) is 0 Å². The number of hydrogen-bond donors (Lipinski definition) is 1. The maximum absolute atomic E-state index is 13.1. The summed E-state index contributed by atoms with van der Waals surface area (Å²) in [6.07, 6.45) is 3.36. The third kappa shape index (κ3) is 2.81. The van der Waals surface area contributed by atoms with Gasteiger partial charge in [-0.3, -0.25) is 9.59 Å². The van der Waals surface area contributed by atoms with Gasteiger partial charge in [-0.15, -0.1) is 0 Å². The Labute approximate surface area is 148 Å². The van der Waals surface area contributed by atoms with Gasteiger partial charge in [0.15, 0.2) is 0 Å². The smallest absolute Gasteiger partial charge is 0.256 e. The Morgan fingerprint density at radius 3 is 2.56 bits per heavy atom. The van der Waals surface area contributed by atoms with Crippen molar-refractivity contribution in [2.75, 3.05) is 26.2 Å². The summed E-state index contributed by atoms with van der Waals surface area (Å²) in [6.45, 7) is 6.33. The van der Waals surface area contributed by atoms with Crippen LogP contribution in [0.3, 0.4) is 0 Å². The molecule has 1 aliphatic carbocycles. The zero-order valence-electron chi connectivity index (χ0n) is 15.0. The number of nitrogens with one attached hydrogen (secondary N) is 1. The normalized spacial score (nSPS) is 20.6. The average molecular weight is 339 g/mol. The zero-order chi connectivity index (χ0) is 17.6. The highest BCUT2D eigenvalue weighted by atomic mass is 16.2. The number of benzene rings is 1. The molecule has 0 spiro atoms. The van der Waals surface area contributed by atoms with Crippen molar-refractivity contribution in [2.24, 2.45) is 5.92 Å². The summed E-state index contributed by atoms with van der Waals surface area (Å²) in [7, 11) is 0. The molecule has 0 bridgehead atoms. The molecule has 2 aromatic rings. The largest absolute Gasteiger partial charge is 0.358 e. The van der Waals surface area contributed by atoms with Crippen LogP contribution in [0.25, 0.3) is 10.9 Å². The number of amides is 2. The molecule has 5 heteroatoms. The van der Waals surface area contributed by atoms with Gasteiger partial charge in [0.25, 0.3) is 5.91 Å². The van der Waals surface area contributed by atoms with Gasteiger partial charge in [-0.1, -0.05) is 19.1 Å². The lowest BCUT2D eigenvalue weighted by Crippen LogP contribution is -2.50. The number of hydrogen-bond acceptors (Lipinski definition) is 2. The van der Waals surface area contributed by atoms with Crippen molar-refractivity contribution < 1.29 is 9.59 Å². The Kier molecular flexibility index (Phi) is 4.02. The van der Waals surface area contributed by atoms with Gasteiger partial charge in [0.1, 0.15) is 0 Å². The second kappa shape index (κ2) is 6.21. The van der Waals surface area contributed by atoms with Gasteiger partial charge in [-0.2, -0.15) is 0 Å². The molecule has 1 aromatic heterocycles. The molecule has 1 N–H and O–H groups in total. The molecule has 5 nitrogen and oxygen atoms in total. The van der Waals surface area contributed by atoms with E-state index in [0.717, 1.165) is 23.9 Å². The van der Waals surface area contributed by atoms with Crippen molar-refractivity contribution in [2.45, 2.75) is 33.1 Å². The molecule has 1 saturated heterocycles. The minimum Gasteiger partial charge on any atom is -0.358 e. The average Bonchev–Trinajstić information content (AvgIpc) is 2.99. The molecular weight excluding hydrogens is 314 g/mol. The van der Waals surface area contributed by atoms with Crippen LogP contribution in [0.5, 0.6) is 0 Å². The fraction of sp³-hybridized carbons (Fsp3) is 0.500. The number of carbonyl (C=O) groups excluding carboxylic acids is 2. The third-order valence-corrected chi connectivity index (χ3v) is 5.71. The van der Waals surface area contributed by atoms with E-state index in [-0.39, 0.29) is 11.8 Å². The van der Waals surface area contributed by atoms with Crippen LogP contribution in [0.4, 0.5) is 0 Å². The van der Waals surface area contributed by atoms with Gasteiger partial charge in [0.05, 0.1) is 11.1 Å². The van der Waals surface area contributed by atoms with Crippen LogP contribution >= 0.6 is 0 Å². The fourth-order valence-corrected chi connectivity index (χ4v) is 4.19. The molecule has 1 atom stereocenters. The molecule has 1 fully saturated rings. The minimum atomic E-state index is 0.0699. The van der Waals surface area contributed by atoms with E-state index < -0.39 is 0 Å². The molecule has 25 heavy (non-hydrogen) atoms. The number of piperazine rings is 1. The Bertz CT molecular complexity index is 831. The summed E-state index contributed by atoms with van der Waals surface area (Å²) in [5, 5.41) is 1.20. The summed E-state index contributed by atoms with van der Waals surface area (Å²) in [6, 6.07) is 6.05. The minimum absolute atomic E-state index is 0.0699. The number of nitrogens with zero attached hydrogens (tertiary/aromatic N) is 2. The molecule has 1 aromatic carbocycles. The molecule has 2 amide bonds. The third-order valence-electron chi connectivity index (χ3n) is 5.71. The zero-order valence-corrected chi connectivity index (χ0v) is 15.0. The Morgan fingerprint density at radius 1 is 1.12 bits per heavy atom. The summed E-state index contributed by atoms with van der Waals surface area (Å²) >= 11 is 0. The van der Waals surface area contributed by atoms with Crippen LogP contribution in [-0.4, -0.2) is 52.8 Å². The Balaban J connectivity index is 1.63. The van der Waals surface area contributed by atoms with Crippen LogP contribution in [0.1, 0.15) is 41.9 Å². The molecule has 1 aliphatic heterocycles. The SMILES string of the molecule is CC(=O)N1CCN(C(=O)c2cccc3c4c([nH]c23)CCC(C)C4)CC1. The molecule has 1 unspecified atom stereocenters. The lowest BCUT2D eigenvalue weighted by molar-refractivity contribution is -0.130. The Morgan fingerprint density at radius 2 is 1.84 bits per heavy atom. The van der Waals surface area contributed by atoms with Crippen molar-refractivity contribution >= 4 is 22.7 Å². The lowest BCUT2D eigenvalue weighted by atomic mass is 9.87. The van der Waals surface area contributed by atoms with Crippen molar-refractivity contribution in [3.05, 3.63) is 35.0 Å². The quantitative estimate of drug-likeness (QED) is 0.868. The number of fused-ring (bicyclic) bond motifs is 3. The predicted octanol–water partition coefficient (Wildman–Crippen LogP) is 2.60. The number of aromatic amines is 1. The van der Waals surface area contributed by atoms with E-state index in [1.807, 2.05) is 17.0 Å². The van der Waals surface area contributed by atoms with Crippen molar-refractivity contribution in [1.82, 2.24) is 14.8 Å². The summed E-state index contributed by atoms with van der Waals surface area (Å²) in [5.74, 6) is 0.853. The number of para-hydroxylation sites is 1. The lowest BCUT2D eigenvalue weighted by Gasteiger charge is -2.34. The van der Waals surface area contributed by atoms with Crippen molar-refractivity contribution in [3.63, 3.8) is 0 Å². The standard InChI is InChI=1S/C20H25N3O2/c1-13-6-7-18-17(12-13)15-4-3-5-16(19(15)21-18)20(25)23-10-8-22(9-11-23)14(2)24/h3-5,13,21H,6-12H2,1-2H3. The topological polar surface area (TPSA) is 56.4 Å². The van der Waals surface area contributed by atoms with Crippen LogP contribution in [-0.2, 0) is 17.6 Å². The molecule has 2 aliphatic rings. The van der Waals surface area contributed by atoms with Gasteiger partial charge < -0.3 is 14.8 Å². The van der Waals surface area contributed by atoms with E-state index in [1.165, 1.54) is 23.1 Å². The molecule has 4 rings (SSSR count). The highest BCUT2D eigenvalue weighted by Crippen LogP contribution is 2.33. The highest BCUT2D eigenvalue weighted by molar-refractivity contribution is 6.07. The van der Waals surface area contributed by atoms with Crippen LogP contribution < -0.4 is 0 Å².